The van der Waals surface area contributed by atoms with Crippen molar-refractivity contribution in [1.29, 1.82) is 10.8 Å². The van der Waals surface area contributed by atoms with Gasteiger partial charge in [-0.3, -0.25) is 15.7 Å². The molecule has 38 heavy (non-hydrogen) atoms. The molecule has 188 valence electrons. The zero-order valence-corrected chi connectivity index (χ0v) is 20.7. The molecular formula is C30H27N7O. The summed E-state index contributed by atoms with van der Waals surface area (Å²) in [5.41, 5.74) is 4.07. The molecule has 1 aliphatic carbocycles. The summed E-state index contributed by atoms with van der Waals surface area (Å²) in [6, 6.07) is 28.1. The Labute approximate surface area is 220 Å². The minimum atomic E-state index is -0.436. The van der Waals surface area contributed by atoms with Crippen LogP contribution in [0.2, 0.25) is 0 Å². The summed E-state index contributed by atoms with van der Waals surface area (Å²) in [6.45, 7) is 0. The lowest BCUT2D eigenvalue weighted by atomic mass is 9.71. The SMILES string of the molecule is N=C(c1ccc(C2(NC(=O)Nc3ccccc3)CCC2)cc1)N1C(=N)c2ccccc2Nc2ncccc21. The van der Waals surface area contributed by atoms with E-state index in [1.54, 1.807) is 17.2 Å². The van der Waals surface area contributed by atoms with E-state index in [1.807, 2.05) is 84.9 Å². The van der Waals surface area contributed by atoms with Crippen LogP contribution in [0.4, 0.5) is 27.7 Å². The van der Waals surface area contributed by atoms with Crippen LogP contribution in [0.25, 0.3) is 0 Å². The number of urea groups is 1. The van der Waals surface area contributed by atoms with Gasteiger partial charge in [0.25, 0.3) is 0 Å². The highest BCUT2D eigenvalue weighted by atomic mass is 16.2. The van der Waals surface area contributed by atoms with Crippen molar-refractivity contribution in [3.63, 3.8) is 0 Å². The molecule has 5 N–H and O–H groups in total. The summed E-state index contributed by atoms with van der Waals surface area (Å²) < 4.78 is 0. The number of pyridine rings is 1. The second-order valence-corrected chi connectivity index (χ2v) is 9.53. The van der Waals surface area contributed by atoms with Gasteiger partial charge in [-0.15, -0.1) is 0 Å². The second kappa shape index (κ2) is 9.48. The number of hydrogen-bond acceptors (Lipinski definition) is 5. The summed E-state index contributed by atoms with van der Waals surface area (Å²) in [5, 5.41) is 27.5. The topological polar surface area (TPSA) is 117 Å². The van der Waals surface area contributed by atoms with Gasteiger partial charge in [-0.1, -0.05) is 54.6 Å². The Kier molecular flexibility index (Phi) is 5.84. The van der Waals surface area contributed by atoms with Gasteiger partial charge in [-0.2, -0.15) is 0 Å². The van der Waals surface area contributed by atoms with Crippen molar-refractivity contribution in [3.05, 3.63) is 114 Å². The predicted octanol–water partition coefficient (Wildman–Crippen LogP) is 6.20. The molecule has 2 heterocycles. The molecule has 2 amide bonds. The van der Waals surface area contributed by atoms with Crippen LogP contribution in [0.15, 0.2) is 97.2 Å². The smallest absolute Gasteiger partial charge is 0.319 e. The first kappa shape index (κ1) is 23.4. The Balaban J connectivity index is 1.27. The van der Waals surface area contributed by atoms with Crippen LogP contribution in [0.5, 0.6) is 0 Å². The highest BCUT2D eigenvalue weighted by Gasteiger charge is 2.40. The number of hydrogen-bond donors (Lipinski definition) is 5. The molecule has 6 rings (SSSR count). The molecule has 3 aromatic carbocycles. The van der Waals surface area contributed by atoms with E-state index in [0.29, 0.717) is 22.6 Å². The van der Waals surface area contributed by atoms with Gasteiger partial charge in [0.05, 0.1) is 16.9 Å². The molecule has 1 aromatic heterocycles. The number of nitrogens with one attached hydrogen (secondary N) is 5. The number of carbonyl (C=O) groups is 1. The van der Waals surface area contributed by atoms with Crippen molar-refractivity contribution < 1.29 is 4.79 Å². The lowest BCUT2D eigenvalue weighted by Gasteiger charge is -2.43. The number of carbonyl (C=O) groups excluding carboxylic acids is 1. The number of amidine groups is 2. The molecule has 2 aliphatic rings. The van der Waals surface area contributed by atoms with E-state index >= 15 is 0 Å². The molecule has 1 aliphatic heterocycles. The van der Waals surface area contributed by atoms with Crippen LogP contribution >= 0.6 is 0 Å². The third-order valence-corrected chi connectivity index (χ3v) is 7.21. The monoisotopic (exact) mass is 501 g/mol. The van der Waals surface area contributed by atoms with E-state index in [2.05, 4.69) is 20.9 Å². The lowest BCUT2D eigenvalue weighted by Crippen LogP contribution is -2.52. The minimum Gasteiger partial charge on any atom is -0.338 e. The number of aromatic nitrogens is 1. The first-order valence-corrected chi connectivity index (χ1v) is 12.6. The van der Waals surface area contributed by atoms with Gasteiger partial charge in [-0.25, -0.2) is 9.78 Å². The number of benzene rings is 3. The number of fused-ring (bicyclic) bond motifs is 2. The molecule has 4 aromatic rings. The van der Waals surface area contributed by atoms with Crippen molar-refractivity contribution >= 4 is 40.6 Å². The molecule has 1 fully saturated rings. The third-order valence-electron chi connectivity index (χ3n) is 7.21. The molecule has 8 nitrogen and oxygen atoms in total. The molecule has 1 saturated carbocycles. The molecule has 0 atom stereocenters. The minimum absolute atomic E-state index is 0.173. The molecule has 8 heteroatoms. The van der Waals surface area contributed by atoms with Crippen molar-refractivity contribution in [1.82, 2.24) is 10.3 Å². The maximum atomic E-state index is 12.8. The highest BCUT2D eigenvalue weighted by molar-refractivity contribution is 6.30. The molecule has 0 bridgehead atoms. The van der Waals surface area contributed by atoms with Gasteiger partial charge in [0.1, 0.15) is 11.7 Å². The quantitative estimate of drug-likeness (QED) is 0.169. The van der Waals surface area contributed by atoms with E-state index in [0.717, 1.165) is 36.2 Å². The van der Waals surface area contributed by atoms with Gasteiger partial charge < -0.3 is 16.0 Å². The van der Waals surface area contributed by atoms with Gasteiger partial charge in [0.15, 0.2) is 5.82 Å². The summed E-state index contributed by atoms with van der Waals surface area (Å²) in [4.78, 5) is 18.8. The highest BCUT2D eigenvalue weighted by Crippen LogP contribution is 2.42. The number of amides is 2. The Morgan fingerprint density at radius 3 is 2.39 bits per heavy atom. The Bertz CT molecular complexity index is 1530. The van der Waals surface area contributed by atoms with Crippen LogP contribution in [0, 0.1) is 10.8 Å². The van der Waals surface area contributed by atoms with Gasteiger partial charge in [0.2, 0.25) is 0 Å². The van der Waals surface area contributed by atoms with Gasteiger partial charge in [-0.05, 0) is 61.2 Å². The number of para-hydroxylation sites is 2. The van der Waals surface area contributed by atoms with Gasteiger partial charge in [0, 0.05) is 23.0 Å². The Morgan fingerprint density at radius 1 is 0.921 bits per heavy atom. The summed E-state index contributed by atoms with van der Waals surface area (Å²) in [7, 11) is 0. The maximum absolute atomic E-state index is 12.8. The maximum Gasteiger partial charge on any atom is 0.319 e. The van der Waals surface area contributed by atoms with Crippen LogP contribution < -0.4 is 20.9 Å². The zero-order chi connectivity index (χ0) is 26.1. The average Bonchev–Trinajstić information content (AvgIpc) is 3.05. The van der Waals surface area contributed by atoms with E-state index in [-0.39, 0.29) is 17.7 Å². The van der Waals surface area contributed by atoms with Crippen LogP contribution in [0.3, 0.4) is 0 Å². The van der Waals surface area contributed by atoms with Gasteiger partial charge >= 0.3 is 6.03 Å². The molecular weight excluding hydrogens is 474 g/mol. The van der Waals surface area contributed by atoms with Crippen molar-refractivity contribution in [2.75, 3.05) is 15.5 Å². The van der Waals surface area contributed by atoms with Crippen molar-refractivity contribution in [2.45, 2.75) is 24.8 Å². The first-order chi connectivity index (χ1) is 18.5. The van der Waals surface area contributed by atoms with E-state index in [9.17, 15) is 4.79 Å². The number of nitrogens with zero attached hydrogens (tertiary/aromatic N) is 2. The van der Waals surface area contributed by atoms with E-state index < -0.39 is 5.54 Å². The largest absolute Gasteiger partial charge is 0.338 e. The second-order valence-electron chi connectivity index (χ2n) is 9.53. The molecule has 0 radical (unpaired) electrons. The standard InChI is InChI=1S/C30H27N7O/c31-26(37-25-12-6-19-33-28(25)35-24-11-5-4-10-23(24)27(37)32)20-13-15-21(16-14-20)30(17-7-18-30)36-29(38)34-22-8-2-1-3-9-22/h1-6,8-16,19,31-32H,7,17-18H2,(H,33,35)(H2,34,36,38). The van der Waals surface area contributed by atoms with Crippen molar-refractivity contribution in [2.24, 2.45) is 0 Å². The van der Waals surface area contributed by atoms with E-state index in [1.165, 1.54) is 0 Å². The fraction of sp³-hybridized carbons (Fsp3) is 0.133. The number of anilines is 4. The Hall–Kier alpha value is -4.98. The van der Waals surface area contributed by atoms with Crippen molar-refractivity contribution in [3.8, 4) is 0 Å². The Morgan fingerprint density at radius 2 is 1.66 bits per heavy atom. The van der Waals surface area contributed by atoms with Crippen LogP contribution in [-0.4, -0.2) is 22.7 Å². The average molecular weight is 502 g/mol. The first-order valence-electron chi connectivity index (χ1n) is 12.6. The zero-order valence-electron chi connectivity index (χ0n) is 20.7. The molecule has 0 spiro atoms. The molecule has 0 unspecified atom stereocenters. The summed E-state index contributed by atoms with van der Waals surface area (Å²) in [6.07, 6.45) is 4.43. The van der Waals surface area contributed by atoms with Crippen LogP contribution in [-0.2, 0) is 5.54 Å². The van der Waals surface area contributed by atoms with Crippen LogP contribution in [0.1, 0.15) is 36.0 Å². The lowest BCUT2D eigenvalue weighted by molar-refractivity contribution is 0.185. The fourth-order valence-electron chi connectivity index (χ4n) is 5.07. The summed E-state index contributed by atoms with van der Waals surface area (Å²) in [5.74, 6) is 0.959. The molecule has 0 saturated heterocycles. The number of rotatable bonds is 4. The fourth-order valence-corrected chi connectivity index (χ4v) is 5.07. The normalized spacial score (nSPS) is 15.2. The third kappa shape index (κ3) is 4.16. The summed E-state index contributed by atoms with van der Waals surface area (Å²) >= 11 is 0. The van der Waals surface area contributed by atoms with E-state index in [4.69, 9.17) is 10.8 Å². The predicted molar refractivity (Wildman–Crippen MR) is 151 cm³/mol.